The highest BCUT2D eigenvalue weighted by Crippen LogP contribution is 2.47. The predicted octanol–water partition coefficient (Wildman–Crippen LogP) is 5.91. The highest BCUT2D eigenvalue weighted by atomic mass is 31.2. The van der Waals surface area contributed by atoms with Gasteiger partial charge in [-0.05, 0) is 38.5 Å². The van der Waals surface area contributed by atoms with E-state index in [-0.39, 0.29) is 42.4 Å². The van der Waals surface area contributed by atoms with Crippen molar-refractivity contribution in [2.75, 3.05) is 24.8 Å². The van der Waals surface area contributed by atoms with Gasteiger partial charge in [0.1, 0.15) is 24.1 Å². The summed E-state index contributed by atoms with van der Waals surface area (Å²) in [6.45, 7) is 4.71. The molecule has 0 unspecified atom stereocenters. The van der Waals surface area contributed by atoms with Crippen molar-refractivity contribution in [1.82, 2.24) is 24.7 Å². The molecule has 0 radical (unpaired) electrons. The molecule has 0 bridgehead atoms. The molecular formula is C32H32F3N6O6P. The number of benzene rings is 3. The van der Waals surface area contributed by atoms with E-state index in [2.05, 4.69) is 20.8 Å². The fraction of sp³-hybridized carbons (Fsp3) is 0.250. The first-order valence-corrected chi connectivity index (χ1v) is 16.5. The number of imidazole rings is 1. The number of aryl methyl sites for hydroxylation is 1. The summed E-state index contributed by atoms with van der Waals surface area (Å²) in [4.78, 5) is 40.9. The Morgan fingerprint density at radius 1 is 0.958 bits per heavy atom. The molecule has 2 aromatic heterocycles. The number of hydrogen-bond donors (Lipinski definition) is 2. The van der Waals surface area contributed by atoms with Crippen LogP contribution in [0, 0.1) is 6.92 Å². The van der Waals surface area contributed by atoms with Gasteiger partial charge in [-0.1, -0.05) is 60.7 Å². The number of alkyl halides is 3. The molecule has 252 valence electrons. The van der Waals surface area contributed by atoms with Crippen LogP contribution >= 0.6 is 7.60 Å². The molecule has 1 amide bonds. The quantitative estimate of drug-likeness (QED) is 0.114. The number of nitrogens with zero attached hydrogens (tertiary/aromatic N) is 4. The number of rotatable bonds is 13. The Morgan fingerprint density at radius 2 is 1.60 bits per heavy atom. The number of carbonyl (C=O) groups excluding carboxylic acids is 1. The summed E-state index contributed by atoms with van der Waals surface area (Å²) in [5, 5.41) is 0. The van der Waals surface area contributed by atoms with Crippen LogP contribution < -0.4 is 21.2 Å². The SMILES string of the molecule is CCOP(=O)(CC(=O)NNc1nc2cc(-n3cc(C)nc3-c3ccccc3)c(C(F)(F)F)cc2n(OCc2ccccc2)c1=O)OCC. The molecule has 0 saturated carbocycles. The maximum absolute atomic E-state index is 14.7. The molecule has 2 heterocycles. The van der Waals surface area contributed by atoms with Gasteiger partial charge in [0.15, 0.2) is 0 Å². The van der Waals surface area contributed by atoms with Crippen molar-refractivity contribution in [3.8, 4) is 17.1 Å². The Morgan fingerprint density at radius 3 is 2.23 bits per heavy atom. The van der Waals surface area contributed by atoms with Crippen molar-refractivity contribution < 1.29 is 36.4 Å². The van der Waals surface area contributed by atoms with Crippen LogP contribution in [0.25, 0.3) is 28.1 Å². The van der Waals surface area contributed by atoms with E-state index in [1.807, 2.05) is 0 Å². The second-order valence-electron chi connectivity index (χ2n) is 10.4. The molecule has 0 aliphatic rings. The smallest absolute Gasteiger partial charge is 0.405 e. The van der Waals surface area contributed by atoms with Crippen molar-refractivity contribution in [1.29, 1.82) is 0 Å². The molecule has 3 aromatic carbocycles. The van der Waals surface area contributed by atoms with Crippen molar-refractivity contribution in [2.24, 2.45) is 0 Å². The molecule has 0 atom stereocenters. The van der Waals surface area contributed by atoms with Crippen molar-refractivity contribution in [2.45, 2.75) is 33.6 Å². The zero-order valence-corrected chi connectivity index (χ0v) is 27.0. The topological polar surface area (TPSA) is 139 Å². The van der Waals surface area contributed by atoms with Gasteiger partial charge in [-0.2, -0.15) is 13.2 Å². The van der Waals surface area contributed by atoms with Gasteiger partial charge >= 0.3 is 19.3 Å². The monoisotopic (exact) mass is 684 g/mol. The lowest BCUT2D eigenvalue weighted by atomic mass is 10.1. The number of aromatic nitrogens is 4. The van der Waals surface area contributed by atoms with E-state index in [1.54, 1.807) is 81.4 Å². The van der Waals surface area contributed by atoms with E-state index in [0.717, 1.165) is 6.07 Å². The maximum atomic E-state index is 14.7. The summed E-state index contributed by atoms with van der Waals surface area (Å²) in [5.74, 6) is -1.08. The molecule has 16 heteroatoms. The number of fused-ring (bicyclic) bond motifs is 1. The van der Waals surface area contributed by atoms with Crippen LogP contribution in [0.3, 0.4) is 0 Å². The molecule has 0 aliphatic carbocycles. The highest BCUT2D eigenvalue weighted by Gasteiger charge is 2.36. The van der Waals surface area contributed by atoms with Crippen LogP contribution in [0.4, 0.5) is 19.0 Å². The second kappa shape index (κ2) is 14.4. The van der Waals surface area contributed by atoms with E-state index in [0.29, 0.717) is 21.6 Å². The molecule has 0 spiro atoms. The zero-order valence-electron chi connectivity index (χ0n) is 26.2. The maximum Gasteiger partial charge on any atom is 0.418 e. The molecule has 5 aromatic rings. The lowest BCUT2D eigenvalue weighted by Gasteiger charge is -2.20. The summed E-state index contributed by atoms with van der Waals surface area (Å²) in [6.07, 6.45) is -4.07. The molecule has 48 heavy (non-hydrogen) atoms. The first-order valence-electron chi connectivity index (χ1n) is 14.8. The molecule has 0 fully saturated rings. The first-order chi connectivity index (χ1) is 22.9. The number of halogens is 3. The fourth-order valence-corrected chi connectivity index (χ4v) is 6.35. The lowest BCUT2D eigenvalue weighted by Crippen LogP contribution is -2.38. The number of hydrazine groups is 1. The van der Waals surface area contributed by atoms with Crippen molar-refractivity contribution >= 4 is 30.4 Å². The third-order valence-electron chi connectivity index (χ3n) is 6.87. The second-order valence-corrected chi connectivity index (χ2v) is 12.4. The minimum atomic E-state index is -4.87. The molecule has 0 aliphatic heterocycles. The standard InChI is InChI=1S/C32H32F3N6O6P/c1-4-46-48(44,47-5-2)20-28(42)38-39-29-31(43)41(45-19-22-12-8-6-9-13-22)27-16-24(32(33,34)35)26(17-25(27)37-29)40-18-21(3)36-30(40)23-14-10-7-11-15-23/h6-18H,4-5,19-20H2,1-3H3,(H,37,39)(H,38,42). The molecule has 12 nitrogen and oxygen atoms in total. The Labute approximate surface area is 273 Å². The Balaban J connectivity index is 1.64. The normalized spacial score (nSPS) is 11.9. The van der Waals surface area contributed by atoms with Crippen molar-refractivity contribution in [3.05, 3.63) is 106 Å². The van der Waals surface area contributed by atoms with E-state index in [9.17, 15) is 27.3 Å². The summed E-state index contributed by atoms with van der Waals surface area (Å²) in [6, 6.07) is 19.3. The average Bonchev–Trinajstić information content (AvgIpc) is 3.45. The van der Waals surface area contributed by atoms with Crippen molar-refractivity contribution in [3.63, 3.8) is 0 Å². The van der Waals surface area contributed by atoms with Gasteiger partial charge in [-0.3, -0.25) is 29.6 Å². The zero-order chi connectivity index (χ0) is 34.5. The minimum Gasteiger partial charge on any atom is -0.405 e. The van der Waals surface area contributed by atoms with Crippen LogP contribution in [-0.4, -0.2) is 44.5 Å². The van der Waals surface area contributed by atoms with E-state index >= 15 is 0 Å². The fourth-order valence-electron chi connectivity index (χ4n) is 4.88. The van der Waals surface area contributed by atoms with Gasteiger partial charge in [0.25, 0.3) is 5.91 Å². The number of anilines is 1. The van der Waals surface area contributed by atoms with Crippen LogP contribution in [0.5, 0.6) is 0 Å². The summed E-state index contributed by atoms with van der Waals surface area (Å²) in [7, 11) is -3.79. The number of nitrogens with one attached hydrogen (secondary N) is 2. The van der Waals surface area contributed by atoms with E-state index in [1.165, 1.54) is 16.8 Å². The molecule has 0 saturated heterocycles. The lowest BCUT2D eigenvalue weighted by molar-refractivity contribution is -0.137. The number of hydrogen-bond acceptors (Lipinski definition) is 9. The number of carbonyl (C=O) groups is 1. The minimum absolute atomic E-state index is 0.0261. The molecule has 5 rings (SSSR count). The molecular weight excluding hydrogens is 652 g/mol. The first kappa shape index (κ1) is 34.4. The largest absolute Gasteiger partial charge is 0.418 e. The number of amides is 1. The summed E-state index contributed by atoms with van der Waals surface area (Å²) in [5.41, 5.74) is 3.58. The van der Waals surface area contributed by atoms with Crippen LogP contribution in [0.1, 0.15) is 30.7 Å². The highest BCUT2D eigenvalue weighted by molar-refractivity contribution is 7.54. The van der Waals surface area contributed by atoms with Gasteiger partial charge in [-0.15, -0.1) is 4.73 Å². The van der Waals surface area contributed by atoms with Crippen LogP contribution in [-0.2, 0) is 31.2 Å². The summed E-state index contributed by atoms with van der Waals surface area (Å²) < 4.78 is 69.3. The summed E-state index contributed by atoms with van der Waals surface area (Å²) >= 11 is 0. The Hall–Kier alpha value is -4.98. The third kappa shape index (κ3) is 7.76. The third-order valence-corrected chi connectivity index (χ3v) is 8.84. The predicted molar refractivity (Wildman–Crippen MR) is 173 cm³/mol. The van der Waals surface area contributed by atoms with Gasteiger partial charge in [0.2, 0.25) is 5.82 Å². The van der Waals surface area contributed by atoms with Crippen LogP contribution in [0.15, 0.2) is 83.8 Å². The average molecular weight is 685 g/mol. The van der Waals surface area contributed by atoms with Gasteiger partial charge in [0.05, 0.1) is 35.7 Å². The Bertz CT molecular complexity index is 2010. The van der Waals surface area contributed by atoms with Crippen LogP contribution in [0.2, 0.25) is 0 Å². The van der Waals surface area contributed by atoms with Gasteiger partial charge < -0.3 is 13.9 Å². The molecule has 2 N–H and O–H groups in total. The van der Waals surface area contributed by atoms with Gasteiger partial charge in [0, 0.05) is 11.8 Å². The van der Waals surface area contributed by atoms with Gasteiger partial charge in [-0.25, -0.2) is 9.97 Å². The van der Waals surface area contributed by atoms with E-state index < -0.39 is 42.8 Å². The van der Waals surface area contributed by atoms with E-state index in [4.69, 9.17) is 13.9 Å². The Kier molecular flexibility index (Phi) is 10.3.